The Bertz CT molecular complexity index is 496. The van der Waals surface area contributed by atoms with E-state index in [-0.39, 0.29) is 6.03 Å². The van der Waals surface area contributed by atoms with Crippen molar-refractivity contribution in [1.29, 1.82) is 0 Å². The molecule has 0 bridgehead atoms. The number of thiophene rings is 1. The van der Waals surface area contributed by atoms with Gasteiger partial charge in [0.1, 0.15) is 0 Å². The smallest absolute Gasteiger partial charge is 0.319 e. The topological polar surface area (TPSA) is 41.1 Å². The summed E-state index contributed by atoms with van der Waals surface area (Å²) in [6.07, 6.45) is 0.866. The maximum Gasteiger partial charge on any atom is 0.319 e. The molecule has 0 saturated heterocycles. The quantitative estimate of drug-likeness (QED) is 0.880. The van der Waals surface area contributed by atoms with E-state index in [0.29, 0.717) is 6.54 Å². The second kappa shape index (κ2) is 6.56. The molecule has 2 N–H and O–H groups in total. The summed E-state index contributed by atoms with van der Waals surface area (Å²) in [4.78, 5) is 12.9. The normalized spacial score (nSPS) is 10.1. The number of carbonyl (C=O) groups excluding carboxylic acids is 1. The molecule has 0 spiro atoms. The van der Waals surface area contributed by atoms with Gasteiger partial charge < -0.3 is 10.6 Å². The van der Waals surface area contributed by atoms with Crippen LogP contribution in [0.1, 0.15) is 4.88 Å². The van der Waals surface area contributed by atoms with Crippen molar-refractivity contribution in [3.8, 4) is 0 Å². The Hall–Kier alpha value is -1.33. The minimum atomic E-state index is -0.172. The molecule has 2 amide bonds. The number of anilines is 1. The molecule has 1 heterocycles. The minimum absolute atomic E-state index is 0.172. The highest BCUT2D eigenvalue weighted by atomic mass is 79.9. The number of hydrogen-bond donors (Lipinski definition) is 2. The standard InChI is InChI=1S/C13H13BrN2OS/c14-10-3-5-11(6-4-10)16-13(17)15-8-7-12-2-1-9-18-12/h1-6,9H,7-8H2,(H2,15,16,17). The van der Waals surface area contributed by atoms with Gasteiger partial charge in [-0.25, -0.2) is 4.79 Å². The van der Waals surface area contributed by atoms with Gasteiger partial charge in [0.25, 0.3) is 0 Å². The van der Waals surface area contributed by atoms with E-state index in [1.54, 1.807) is 11.3 Å². The van der Waals surface area contributed by atoms with Crippen LogP contribution >= 0.6 is 27.3 Å². The number of urea groups is 1. The fourth-order valence-corrected chi connectivity index (χ4v) is 2.44. The van der Waals surface area contributed by atoms with Crippen LogP contribution in [-0.2, 0) is 6.42 Å². The first-order chi connectivity index (χ1) is 8.74. The second-order valence-electron chi connectivity index (χ2n) is 3.72. The highest BCUT2D eigenvalue weighted by Gasteiger charge is 2.01. The van der Waals surface area contributed by atoms with E-state index in [1.807, 2.05) is 35.7 Å². The average molecular weight is 325 g/mol. The number of carbonyl (C=O) groups is 1. The summed E-state index contributed by atoms with van der Waals surface area (Å²) in [5.74, 6) is 0. The summed E-state index contributed by atoms with van der Waals surface area (Å²) in [5, 5.41) is 7.65. The molecule has 2 aromatic rings. The van der Waals surface area contributed by atoms with Gasteiger partial charge >= 0.3 is 6.03 Å². The molecular weight excluding hydrogens is 312 g/mol. The van der Waals surface area contributed by atoms with Gasteiger partial charge in [-0.1, -0.05) is 22.0 Å². The number of rotatable bonds is 4. The molecule has 0 fully saturated rings. The molecule has 1 aromatic carbocycles. The van der Waals surface area contributed by atoms with Crippen molar-refractivity contribution in [3.63, 3.8) is 0 Å². The van der Waals surface area contributed by atoms with Crippen LogP contribution in [0.2, 0.25) is 0 Å². The number of nitrogens with one attached hydrogen (secondary N) is 2. The Balaban J connectivity index is 1.73. The SMILES string of the molecule is O=C(NCCc1cccs1)Nc1ccc(Br)cc1. The monoisotopic (exact) mass is 324 g/mol. The summed E-state index contributed by atoms with van der Waals surface area (Å²) >= 11 is 5.05. The number of amides is 2. The fourth-order valence-electron chi connectivity index (χ4n) is 1.46. The molecule has 2 rings (SSSR count). The molecule has 94 valence electrons. The summed E-state index contributed by atoms with van der Waals surface area (Å²) in [5.41, 5.74) is 0.784. The molecule has 1 aromatic heterocycles. The van der Waals surface area contributed by atoms with E-state index in [0.717, 1.165) is 16.6 Å². The van der Waals surface area contributed by atoms with Crippen LogP contribution < -0.4 is 10.6 Å². The molecule has 0 radical (unpaired) electrons. The third kappa shape index (κ3) is 4.16. The molecule has 0 aliphatic heterocycles. The Morgan fingerprint density at radius 1 is 1.22 bits per heavy atom. The lowest BCUT2D eigenvalue weighted by atomic mass is 10.3. The van der Waals surface area contributed by atoms with E-state index >= 15 is 0 Å². The Kier molecular flexibility index (Phi) is 4.78. The van der Waals surface area contributed by atoms with Gasteiger partial charge in [-0.2, -0.15) is 0 Å². The van der Waals surface area contributed by atoms with Crippen LogP contribution in [0.25, 0.3) is 0 Å². The van der Waals surface area contributed by atoms with Crippen molar-refractivity contribution < 1.29 is 4.79 Å². The summed E-state index contributed by atoms with van der Waals surface area (Å²) in [6, 6.07) is 11.4. The van der Waals surface area contributed by atoms with Crippen LogP contribution in [0.15, 0.2) is 46.3 Å². The molecule has 3 nitrogen and oxygen atoms in total. The lowest BCUT2D eigenvalue weighted by Gasteiger charge is -2.07. The summed E-state index contributed by atoms with van der Waals surface area (Å²) in [7, 11) is 0. The number of benzene rings is 1. The van der Waals surface area contributed by atoms with Crippen LogP contribution in [0.3, 0.4) is 0 Å². The third-order valence-corrected chi connectivity index (χ3v) is 3.80. The van der Waals surface area contributed by atoms with Gasteiger partial charge in [-0.05, 0) is 42.1 Å². The zero-order valence-electron chi connectivity index (χ0n) is 9.65. The molecule has 0 aliphatic carbocycles. The molecule has 0 saturated carbocycles. The molecule has 0 unspecified atom stereocenters. The Morgan fingerprint density at radius 3 is 2.67 bits per heavy atom. The molecular formula is C13H13BrN2OS. The van der Waals surface area contributed by atoms with Gasteiger partial charge in [0.15, 0.2) is 0 Å². The zero-order valence-corrected chi connectivity index (χ0v) is 12.1. The highest BCUT2D eigenvalue weighted by Crippen LogP contribution is 2.13. The lowest BCUT2D eigenvalue weighted by Crippen LogP contribution is -2.30. The Labute approximate surface area is 118 Å². The van der Waals surface area contributed by atoms with Gasteiger partial charge in [0, 0.05) is 21.6 Å². The minimum Gasteiger partial charge on any atom is -0.338 e. The zero-order chi connectivity index (χ0) is 12.8. The summed E-state index contributed by atoms with van der Waals surface area (Å²) in [6.45, 7) is 0.642. The summed E-state index contributed by atoms with van der Waals surface area (Å²) < 4.78 is 0.992. The van der Waals surface area contributed by atoms with Gasteiger partial charge in [-0.15, -0.1) is 11.3 Å². The predicted molar refractivity (Wildman–Crippen MR) is 79.2 cm³/mol. The fraction of sp³-hybridized carbons (Fsp3) is 0.154. The first kappa shape index (κ1) is 13.1. The van der Waals surface area contributed by atoms with Crippen LogP contribution in [0.4, 0.5) is 10.5 Å². The van der Waals surface area contributed by atoms with E-state index in [2.05, 4.69) is 32.6 Å². The van der Waals surface area contributed by atoms with Gasteiger partial charge in [0.05, 0.1) is 0 Å². The van der Waals surface area contributed by atoms with E-state index in [4.69, 9.17) is 0 Å². The van der Waals surface area contributed by atoms with Gasteiger partial charge in [-0.3, -0.25) is 0 Å². The molecule has 18 heavy (non-hydrogen) atoms. The Morgan fingerprint density at radius 2 is 2.00 bits per heavy atom. The van der Waals surface area contributed by atoms with Gasteiger partial charge in [0.2, 0.25) is 0 Å². The van der Waals surface area contributed by atoms with Crippen molar-refractivity contribution in [3.05, 3.63) is 51.1 Å². The first-order valence-corrected chi connectivity index (χ1v) is 7.24. The van der Waals surface area contributed by atoms with Crippen LogP contribution in [-0.4, -0.2) is 12.6 Å². The second-order valence-corrected chi connectivity index (χ2v) is 5.67. The van der Waals surface area contributed by atoms with Crippen LogP contribution in [0.5, 0.6) is 0 Å². The maximum absolute atomic E-state index is 11.6. The first-order valence-electron chi connectivity index (χ1n) is 5.57. The van der Waals surface area contributed by atoms with Crippen molar-refractivity contribution in [1.82, 2.24) is 5.32 Å². The molecule has 0 atom stereocenters. The molecule has 0 aliphatic rings. The van der Waals surface area contributed by atoms with Crippen molar-refractivity contribution in [2.45, 2.75) is 6.42 Å². The van der Waals surface area contributed by atoms with E-state index < -0.39 is 0 Å². The van der Waals surface area contributed by atoms with Crippen molar-refractivity contribution in [2.24, 2.45) is 0 Å². The van der Waals surface area contributed by atoms with Crippen molar-refractivity contribution >= 4 is 39.0 Å². The average Bonchev–Trinajstić information content (AvgIpc) is 2.85. The molecule has 5 heteroatoms. The third-order valence-electron chi connectivity index (χ3n) is 2.34. The maximum atomic E-state index is 11.6. The number of hydrogen-bond acceptors (Lipinski definition) is 2. The van der Waals surface area contributed by atoms with Crippen molar-refractivity contribution in [2.75, 3.05) is 11.9 Å². The van der Waals surface area contributed by atoms with E-state index in [1.165, 1.54) is 4.88 Å². The van der Waals surface area contributed by atoms with E-state index in [9.17, 15) is 4.79 Å². The highest BCUT2D eigenvalue weighted by molar-refractivity contribution is 9.10. The predicted octanol–water partition coefficient (Wildman–Crippen LogP) is 3.87. The number of halogens is 1. The lowest BCUT2D eigenvalue weighted by molar-refractivity contribution is 0.252. The largest absolute Gasteiger partial charge is 0.338 e. The van der Waals surface area contributed by atoms with Crippen LogP contribution in [0, 0.1) is 0 Å².